The van der Waals surface area contributed by atoms with Crippen molar-refractivity contribution in [3.63, 3.8) is 0 Å². The van der Waals surface area contributed by atoms with Crippen molar-refractivity contribution in [2.75, 3.05) is 0 Å². The maximum atomic E-state index is 12.4. The summed E-state index contributed by atoms with van der Waals surface area (Å²) in [4.78, 5) is 18.2. The Labute approximate surface area is 99.4 Å². The molecule has 3 heterocycles. The number of piperidine rings is 1. The average Bonchev–Trinajstić information content (AvgIpc) is 2.81. The van der Waals surface area contributed by atoms with Gasteiger partial charge in [-0.25, -0.2) is 4.98 Å². The summed E-state index contributed by atoms with van der Waals surface area (Å²) in [7, 11) is 0. The van der Waals surface area contributed by atoms with Gasteiger partial charge in [0, 0.05) is 12.1 Å². The zero-order valence-corrected chi connectivity index (χ0v) is 9.80. The molecule has 5 heteroatoms. The van der Waals surface area contributed by atoms with E-state index in [9.17, 15) is 9.90 Å². The Balaban J connectivity index is 1.86. The van der Waals surface area contributed by atoms with Gasteiger partial charge in [-0.3, -0.25) is 4.79 Å². The first-order chi connectivity index (χ1) is 8.16. The third-order valence-corrected chi connectivity index (χ3v) is 3.88. The number of aryl methyl sites for hydroxylation is 1. The predicted octanol–water partition coefficient (Wildman–Crippen LogP) is 1.11. The smallest absolute Gasteiger partial charge is 0.292 e. The first-order valence-corrected chi connectivity index (χ1v) is 6.07. The van der Waals surface area contributed by atoms with Crippen molar-refractivity contribution >= 4 is 5.91 Å². The molecule has 5 nitrogen and oxygen atoms in total. The molecule has 2 fully saturated rings. The largest absolute Gasteiger partial charge is 0.438 e. The fourth-order valence-corrected chi connectivity index (χ4v) is 3.10. The van der Waals surface area contributed by atoms with Gasteiger partial charge in [-0.05, 0) is 32.6 Å². The monoisotopic (exact) mass is 236 g/mol. The molecule has 1 aromatic heterocycles. The van der Waals surface area contributed by atoms with E-state index in [4.69, 9.17) is 4.42 Å². The molecule has 1 N–H and O–H groups in total. The highest BCUT2D eigenvalue weighted by Crippen LogP contribution is 2.36. The maximum Gasteiger partial charge on any atom is 0.292 e. The van der Waals surface area contributed by atoms with Crippen LogP contribution in [0.3, 0.4) is 0 Å². The number of rotatable bonds is 1. The molecule has 2 saturated heterocycles. The highest BCUT2D eigenvalue weighted by molar-refractivity contribution is 5.93. The van der Waals surface area contributed by atoms with Crippen LogP contribution in [0.25, 0.3) is 0 Å². The summed E-state index contributed by atoms with van der Waals surface area (Å²) in [6.07, 6.45) is 4.41. The molecule has 92 valence electrons. The number of aliphatic hydroxyl groups is 1. The molecule has 1 aromatic rings. The van der Waals surface area contributed by atoms with Crippen LogP contribution in [0.4, 0.5) is 0 Å². The van der Waals surface area contributed by atoms with Crippen LogP contribution in [-0.2, 0) is 0 Å². The maximum absolute atomic E-state index is 12.4. The quantitative estimate of drug-likeness (QED) is 0.793. The van der Waals surface area contributed by atoms with Crippen LogP contribution in [0.15, 0.2) is 10.8 Å². The van der Waals surface area contributed by atoms with Crippen molar-refractivity contribution in [3.05, 3.63) is 17.8 Å². The molecule has 2 unspecified atom stereocenters. The Kier molecular flexibility index (Phi) is 2.43. The van der Waals surface area contributed by atoms with E-state index in [1.165, 1.54) is 6.39 Å². The number of oxazole rings is 1. The fraction of sp³-hybridized carbons (Fsp3) is 0.667. The van der Waals surface area contributed by atoms with Crippen LogP contribution >= 0.6 is 0 Å². The van der Waals surface area contributed by atoms with Crippen LogP contribution in [0, 0.1) is 6.92 Å². The summed E-state index contributed by atoms with van der Waals surface area (Å²) in [5.74, 6) is 0.276. The van der Waals surface area contributed by atoms with Gasteiger partial charge in [0.15, 0.2) is 6.39 Å². The van der Waals surface area contributed by atoms with E-state index < -0.39 is 0 Å². The number of aromatic nitrogens is 1. The summed E-state index contributed by atoms with van der Waals surface area (Å²) < 4.78 is 5.17. The Morgan fingerprint density at radius 2 is 2.12 bits per heavy atom. The Morgan fingerprint density at radius 1 is 1.47 bits per heavy atom. The van der Waals surface area contributed by atoms with Gasteiger partial charge in [0.2, 0.25) is 5.76 Å². The second-order valence-electron chi connectivity index (χ2n) is 4.99. The first kappa shape index (κ1) is 10.8. The number of nitrogens with zero attached hydrogens (tertiary/aromatic N) is 2. The number of carbonyl (C=O) groups excluding carboxylic acids is 1. The topological polar surface area (TPSA) is 66.6 Å². The van der Waals surface area contributed by atoms with Crippen LogP contribution in [0.1, 0.15) is 41.9 Å². The predicted molar refractivity (Wildman–Crippen MR) is 59.5 cm³/mol. The molecule has 2 aliphatic rings. The van der Waals surface area contributed by atoms with Gasteiger partial charge in [0.05, 0.1) is 11.8 Å². The van der Waals surface area contributed by atoms with Crippen LogP contribution in [0.2, 0.25) is 0 Å². The van der Waals surface area contributed by atoms with E-state index in [-0.39, 0.29) is 24.1 Å². The fourth-order valence-electron chi connectivity index (χ4n) is 3.10. The van der Waals surface area contributed by atoms with Gasteiger partial charge in [0.1, 0.15) is 0 Å². The van der Waals surface area contributed by atoms with Gasteiger partial charge < -0.3 is 14.4 Å². The highest BCUT2D eigenvalue weighted by atomic mass is 16.3. The molecular formula is C12H16N2O3. The van der Waals surface area contributed by atoms with E-state index in [1.807, 2.05) is 4.90 Å². The lowest BCUT2D eigenvalue weighted by molar-refractivity contribution is 0.0264. The molecule has 1 amide bonds. The number of hydrogen-bond acceptors (Lipinski definition) is 4. The van der Waals surface area contributed by atoms with E-state index in [1.54, 1.807) is 6.92 Å². The Hall–Kier alpha value is -1.36. The molecule has 0 aromatic carbocycles. The van der Waals surface area contributed by atoms with E-state index >= 15 is 0 Å². The second-order valence-corrected chi connectivity index (χ2v) is 4.99. The van der Waals surface area contributed by atoms with Crippen molar-refractivity contribution in [2.24, 2.45) is 0 Å². The minimum absolute atomic E-state index is 0.0700. The normalized spacial score (nSPS) is 31.9. The molecule has 3 rings (SSSR count). The van der Waals surface area contributed by atoms with E-state index in [2.05, 4.69) is 4.98 Å². The van der Waals surface area contributed by atoms with E-state index in [0.29, 0.717) is 24.3 Å². The van der Waals surface area contributed by atoms with Crippen molar-refractivity contribution < 1.29 is 14.3 Å². The van der Waals surface area contributed by atoms with Gasteiger partial charge in [-0.2, -0.15) is 0 Å². The van der Waals surface area contributed by atoms with Crippen molar-refractivity contribution in [2.45, 2.75) is 50.8 Å². The number of aliphatic hydroxyl groups excluding tert-OH is 1. The van der Waals surface area contributed by atoms with E-state index in [0.717, 1.165) is 12.8 Å². The third-order valence-electron chi connectivity index (χ3n) is 3.88. The zero-order valence-electron chi connectivity index (χ0n) is 9.80. The molecule has 2 atom stereocenters. The molecule has 0 saturated carbocycles. The van der Waals surface area contributed by atoms with Gasteiger partial charge in [-0.1, -0.05) is 0 Å². The van der Waals surface area contributed by atoms with Crippen molar-refractivity contribution in [3.8, 4) is 0 Å². The minimum atomic E-state index is -0.257. The van der Waals surface area contributed by atoms with Crippen LogP contribution in [0.5, 0.6) is 0 Å². The standard InChI is InChI=1S/C12H16N2O3/c1-7-11(17-6-13-7)12(16)14-8-2-3-9(14)5-10(15)4-8/h6,8-10,15H,2-5H2,1H3. The Bertz CT molecular complexity index is 429. The van der Waals surface area contributed by atoms with Crippen LogP contribution in [-0.4, -0.2) is 39.1 Å². The van der Waals surface area contributed by atoms with Crippen molar-refractivity contribution in [1.82, 2.24) is 9.88 Å². The molecule has 0 radical (unpaired) electrons. The number of fused-ring (bicyclic) bond motifs is 2. The zero-order chi connectivity index (χ0) is 12.0. The second kappa shape index (κ2) is 3.84. The molecule has 17 heavy (non-hydrogen) atoms. The lowest BCUT2D eigenvalue weighted by Crippen LogP contribution is -2.48. The number of carbonyl (C=O) groups is 1. The van der Waals surface area contributed by atoms with Gasteiger partial charge in [0.25, 0.3) is 5.91 Å². The van der Waals surface area contributed by atoms with Crippen LogP contribution < -0.4 is 0 Å². The number of hydrogen-bond donors (Lipinski definition) is 1. The Morgan fingerprint density at radius 3 is 2.65 bits per heavy atom. The number of amides is 1. The molecule has 0 spiro atoms. The summed E-state index contributed by atoms with van der Waals surface area (Å²) in [5.41, 5.74) is 0.639. The molecule has 0 aliphatic carbocycles. The summed E-state index contributed by atoms with van der Waals surface area (Å²) >= 11 is 0. The summed E-state index contributed by atoms with van der Waals surface area (Å²) in [5, 5.41) is 9.70. The molecule has 2 aliphatic heterocycles. The SMILES string of the molecule is Cc1ncoc1C(=O)N1C2CCC1CC(O)C2. The summed E-state index contributed by atoms with van der Waals surface area (Å²) in [6.45, 7) is 1.78. The molecule has 2 bridgehead atoms. The summed E-state index contributed by atoms with van der Waals surface area (Å²) in [6, 6.07) is 0.335. The first-order valence-electron chi connectivity index (χ1n) is 6.07. The van der Waals surface area contributed by atoms with Gasteiger partial charge in [-0.15, -0.1) is 0 Å². The average molecular weight is 236 g/mol. The van der Waals surface area contributed by atoms with Gasteiger partial charge >= 0.3 is 0 Å². The third kappa shape index (κ3) is 1.65. The molecular weight excluding hydrogens is 220 g/mol. The lowest BCUT2D eigenvalue weighted by atomic mass is 9.99. The highest BCUT2D eigenvalue weighted by Gasteiger charge is 2.44. The van der Waals surface area contributed by atoms with Crippen molar-refractivity contribution in [1.29, 1.82) is 0 Å². The minimum Gasteiger partial charge on any atom is -0.438 e. The lowest BCUT2D eigenvalue weighted by Gasteiger charge is -2.36.